The first-order chi connectivity index (χ1) is 10.0. The summed E-state index contributed by atoms with van der Waals surface area (Å²) in [5.41, 5.74) is 0. The summed E-state index contributed by atoms with van der Waals surface area (Å²) in [7, 11) is 0. The second kappa shape index (κ2) is 7.06. The highest BCUT2D eigenvalue weighted by atomic mass is 16.5. The van der Waals surface area contributed by atoms with Crippen molar-refractivity contribution in [1.82, 2.24) is 9.80 Å². The topological polar surface area (TPSA) is 99.5 Å². The Morgan fingerprint density at radius 1 is 1.24 bits per heavy atom. The SMILES string of the molecule is CC1COC(CO)CN1C(=O)N1CCOC(CC(=O)O)C1. The predicted octanol–water partition coefficient (Wildman–Crippen LogP) is -0.636. The number of aliphatic hydroxyl groups excluding tert-OH is 1. The minimum absolute atomic E-state index is 0.0685. The fourth-order valence-electron chi connectivity index (χ4n) is 2.59. The van der Waals surface area contributed by atoms with Gasteiger partial charge >= 0.3 is 12.0 Å². The van der Waals surface area contributed by atoms with Crippen molar-refractivity contribution in [3.05, 3.63) is 0 Å². The van der Waals surface area contributed by atoms with Crippen LogP contribution < -0.4 is 0 Å². The molecule has 2 rings (SSSR count). The van der Waals surface area contributed by atoms with Gasteiger partial charge in [0.25, 0.3) is 0 Å². The third kappa shape index (κ3) is 4.05. The Bertz CT molecular complexity index is 391. The lowest BCUT2D eigenvalue weighted by atomic mass is 10.2. The molecule has 2 aliphatic rings. The first-order valence-electron chi connectivity index (χ1n) is 7.12. The number of hydrogen-bond donors (Lipinski definition) is 2. The average molecular weight is 302 g/mol. The van der Waals surface area contributed by atoms with Crippen LogP contribution in [-0.2, 0) is 14.3 Å². The Morgan fingerprint density at radius 3 is 2.67 bits per heavy atom. The Balaban J connectivity index is 1.96. The van der Waals surface area contributed by atoms with Crippen LogP contribution >= 0.6 is 0 Å². The van der Waals surface area contributed by atoms with Crippen molar-refractivity contribution in [3.8, 4) is 0 Å². The zero-order valence-electron chi connectivity index (χ0n) is 12.1. The number of nitrogens with zero attached hydrogens (tertiary/aromatic N) is 2. The van der Waals surface area contributed by atoms with E-state index in [1.165, 1.54) is 0 Å². The number of carboxylic acids is 1. The summed E-state index contributed by atoms with van der Waals surface area (Å²) in [5.74, 6) is -0.936. The molecule has 8 heteroatoms. The minimum atomic E-state index is -0.936. The third-order valence-corrected chi connectivity index (χ3v) is 3.77. The smallest absolute Gasteiger partial charge is 0.320 e. The maximum atomic E-state index is 12.6. The molecule has 8 nitrogen and oxygen atoms in total. The zero-order chi connectivity index (χ0) is 15.4. The Labute approximate surface area is 123 Å². The molecule has 0 bridgehead atoms. The van der Waals surface area contributed by atoms with E-state index >= 15 is 0 Å². The molecule has 2 amide bonds. The Kier molecular flexibility index (Phi) is 5.38. The van der Waals surface area contributed by atoms with Crippen molar-refractivity contribution >= 4 is 12.0 Å². The van der Waals surface area contributed by atoms with Gasteiger partial charge in [-0.2, -0.15) is 0 Å². The lowest BCUT2D eigenvalue weighted by Gasteiger charge is -2.42. The molecule has 120 valence electrons. The van der Waals surface area contributed by atoms with Crippen LogP contribution in [-0.4, -0.2) is 89.7 Å². The average Bonchev–Trinajstić information content (AvgIpc) is 2.46. The highest BCUT2D eigenvalue weighted by Gasteiger charge is 2.34. The van der Waals surface area contributed by atoms with Crippen LogP contribution in [0.5, 0.6) is 0 Å². The van der Waals surface area contributed by atoms with Gasteiger partial charge in [-0.1, -0.05) is 0 Å². The van der Waals surface area contributed by atoms with E-state index in [4.69, 9.17) is 19.7 Å². The molecule has 0 aromatic heterocycles. The first-order valence-corrected chi connectivity index (χ1v) is 7.12. The molecule has 2 saturated heterocycles. The van der Waals surface area contributed by atoms with E-state index in [0.29, 0.717) is 26.3 Å². The number of aliphatic hydroxyl groups is 1. The fraction of sp³-hybridized carbons (Fsp3) is 0.846. The normalized spacial score (nSPS) is 30.3. The molecule has 2 aliphatic heterocycles. The van der Waals surface area contributed by atoms with Crippen molar-refractivity contribution in [2.75, 3.05) is 39.5 Å². The zero-order valence-corrected chi connectivity index (χ0v) is 12.1. The number of carbonyl (C=O) groups is 2. The first kappa shape index (κ1) is 16.0. The maximum Gasteiger partial charge on any atom is 0.320 e. The van der Waals surface area contributed by atoms with E-state index in [2.05, 4.69) is 0 Å². The van der Waals surface area contributed by atoms with Gasteiger partial charge in [0.1, 0.15) is 0 Å². The van der Waals surface area contributed by atoms with Gasteiger partial charge in [0, 0.05) is 13.1 Å². The number of hydrogen-bond acceptors (Lipinski definition) is 5. The molecule has 0 radical (unpaired) electrons. The molecule has 2 N–H and O–H groups in total. The third-order valence-electron chi connectivity index (χ3n) is 3.77. The van der Waals surface area contributed by atoms with Crippen LogP contribution in [0.1, 0.15) is 13.3 Å². The van der Waals surface area contributed by atoms with Crippen molar-refractivity contribution in [3.63, 3.8) is 0 Å². The van der Waals surface area contributed by atoms with E-state index < -0.39 is 12.1 Å². The Hall–Kier alpha value is -1.38. The van der Waals surface area contributed by atoms with Gasteiger partial charge in [-0.05, 0) is 6.92 Å². The standard InChI is InChI=1S/C13H22N2O6/c1-9-8-21-11(7-16)6-15(9)13(19)14-2-3-20-10(5-14)4-12(17)18/h9-11,16H,2-8H2,1H3,(H,17,18). The van der Waals surface area contributed by atoms with E-state index in [1.807, 2.05) is 6.92 Å². The summed E-state index contributed by atoms with van der Waals surface area (Å²) >= 11 is 0. The van der Waals surface area contributed by atoms with Crippen LogP contribution in [0.15, 0.2) is 0 Å². The Morgan fingerprint density at radius 2 is 2.00 bits per heavy atom. The number of rotatable bonds is 3. The molecule has 0 aromatic carbocycles. The van der Waals surface area contributed by atoms with Gasteiger partial charge in [-0.15, -0.1) is 0 Å². The molecule has 2 heterocycles. The van der Waals surface area contributed by atoms with Gasteiger partial charge in [0.05, 0.1) is 51.0 Å². The van der Waals surface area contributed by atoms with Gasteiger partial charge in [0.15, 0.2) is 0 Å². The van der Waals surface area contributed by atoms with Crippen LogP contribution in [0.4, 0.5) is 4.79 Å². The molecule has 2 fully saturated rings. The molecule has 3 unspecified atom stereocenters. The number of morpholine rings is 2. The number of amides is 2. The quantitative estimate of drug-likeness (QED) is 0.719. The molecular weight excluding hydrogens is 280 g/mol. The van der Waals surface area contributed by atoms with Crippen molar-refractivity contribution in [2.24, 2.45) is 0 Å². The molecule has 0 spiro atoms. The summed E-state index contributed by atoms with van der Waals surface area (Å²) in [4.78, 5) is 26.6. The largest absolute Gasteiger partial charge is 0.481 e. The minimum Gasteiger partial charge on any atom is -0.481 e. The number of carboxylic acid groups (broad SMARTS) is 1. The highest BCUT2D eigenvalue weighted by molar-refractivity contribution is 5.75. The summed E-state index contributed by atoms with van der Waals surface area (Å²) in [6.07, 6.45) is -0.937. The number of carbonyl (C=O) groups excluding carboxylic acids is 1. The lowest BCUT2D eigenvalue weighted by molar-refractivity contribution is -0.141. The monoisotopic (exact) mass is 302 g/mol. The van der Waals surface area contributed by atoms with Crippen LogP contribution in [0.25, 0.3) is 0 Å². The summed E-state index contributed by atoms with van der Waals surface area (Å²) in [6.45, 7) is 3.56. The van der Waals surface area contributed by atoms with E-state index in [1.54, 1.807) is 9.80 Å². The molecule has 0 aliphatic carbocycles. The van der Waals surface area contributed by atoms with Crippen molar-refractivity contribution < 1.29 is 29.3 Å². The number of urea groups is 1. The highest BCUT2D eigenvalue weighted by Crippen LogP contribution is 2.17. The van der Waals surface area contributed by atoms with Gasteiger partial charge in [0.2, 0.25) is 0 Å². The van der Waals surface area contributed by atoms with Gasteiger partial charge in [-0.3, -0.25) is 4.79 Å². The number of ether oxygens (including phenoxy) is 2. The van der Waals surface area contributed by atoms with E-state index in [-0.39, 0.29) is 37.7 Å². The van der Waals surface area contributed by atoms with Crippen LogP contribution in [0, 0.1) is 0 Å². The van der Waals surface area contributed by atoms with Gasteiger partial charge < -0.3 is 29.5 Å². The van der Waals surface area contributed by atoms with E-state index in [9.17, 15) is 9.59 Å². The van der Waals surface area contributed by atoms with E-state index in [0.717, 1.165) is 0 Å². The van der Waals surface area contributed by atoms with Crippen molar-refractivity contribution in [1.29, 1.82) is 0 Å². The summed E-state index contributed by atoms with van der Waals surface area (Å²) in [6, 6.07) is -0.219. The number of aliphatic carboxylic acids is 1. The van der Waals surface area contributed by atoms with Crippen LogP contribution in [0.3, 0.4) is 0 Å². The molecule has 3 atom stereocenters. The van der Waals surface area contributed by atoms with Crippen molar-refractivity contribution in [2.45, 2.75) is 31.6 Å². The summed E-state index contributed by atoms with van der Waals surface area (Å²) in [5, 5.41) is 18.0. The molecule has 0 saturated carbocycles. The second-order valence-electron chi connectivity index (χ2n) is 5.46. The fourth-order valence-corrected chi connectivity index (χ4v) is 2.59. The van der Waals surface area contributed by atoms with Gasteiger partial charge in [-0.25, -0.2) is 4.79 Å². The maximum absolute atomic E-state index is 12.6. The molecule has 0 aromatic rings. The lowest BCUT2D eigenvalue weighted by Crippen LogP contribution is -2.58. The second-order valence-corrected chi connectivity index (χ2v) is 5.46. The molecule has 21 heavy (non-hydrogen) atoms. The molecular formula is C13H22N2O6. The summed E-state index contributed by atoms with van der Waals surface area (Å²) < 4.78 is 10.8. The predicted molar refractivity (Wildman–Crippen MR) is 72.0 cm³/mol. The van der Waals surface area contributed by atoms with Crippen LogP contribution in [0.2, 0.25) is 0 Å².